The van der Waals surface area contributed by atoms with Gasteiger partial charge in [-0.3, -0.25) is 4.79 Å². The third kappa shape index (κ3) is 6.21. The maximum Gasteiger partial charge on any atom is 0.152 e. The molecule has 9 heavy (non-hydrogen) atoms. The second-order valence-corrected chi connectivity index (χ2v) is 2.96. The number of carbonyl (C=O) groups excluding carboxylic acids is 1. The SMILES string of the molecule is NCCSCC(=O)CS. The third-order valence-corrected chi connectivity index (χ3v) is 2.10. The van der Waals surface area contributed by atoms with E-state index in [4.69, 9.17) is 5.73 Å². The maximum atomic E-state index is 10.5. The van der Waals surface area contributed by atoms with E-state index in [9.17, 15) is 4.79 Å². The van der Waals surface area contributed by atoms with Gasteiger partial charge in [0.05, 0.1) is 11.5 Å². The van der Waals surface area contributed by atoms with Crippen molar-refractivity contribution in [3.63, 3.8) is 0 Å². The highest BCUT2D eigenvalue weighted by Gasteiger charge is 1.95. The highest BCUT2D eigenvalue weighted by molar-refractivity contribution is 8.00. The predicted octanol–water partition coefficient (Wildman–Crippen LogP) is 0.177. The van der Waals surface area contributed by atoms with Gasteiger partial charge >= 0.3 is 0 Å². The zero-order valence-electron chi connectivity index (χ0n) is 5.17. The van der Waals surface area contributed by atoms with Crippen LogP contribution >= 0.6 is 24.4 Å². The first-order valence-electron chi connectivity index (χ1n) is 2.71. The first-order valence-corrected chi connectivity index (χ1v) is 4.50. The monoisotopic (exact) mass is 165 g/mol. The highest BCUT2D eigenvalue weighted by Crippen LogP contribution is 1.97. The van der Waals surface area contributed by atoms with Crippen molar-refractivity contribution in [1.82, 2.24) is 0 Å². The number of hydrogen-bond donors (Lipinski definition) is 2. The normalized spacial score (nSPS) is 9.56. The lowest BCUT2D eigenvalue weighted by Gasteiger charge is -1.94. The lowest BCUT2D eigenvalue weighted by Crippen LogP contribution is -2.07. The molecule has 0 aliphatic rings. The van der Waals surface area contributed by atoms with E-state index < -0.39 is 0 Å². The van der Waals surface area contributed by atoms with Crippen LogP contribution in [0.1, 0.15) is 0 Å². The molecule has 0 saturated carbocycles. The van der Waals surface area contributed by atoms with E-state index in [-0.39, 0.29) is 5.78 Å². The van der Waals surface area contributed by atoms with Crippen molar-refractivity contribution >= 4 is 30.2 Å². The number of rotatable bonds is 5. The van der Waals surface area contributed by atoms with Crippen LogP contribution in [0.15, 0.2) is 0 Å². The Balaban J connectivity index is 2.97. The van der Waals surface area contributed by atoms with Crippen molar-refractivity contribution in [2.75, 3.05) is 23.8 Å². The molecule has 0 spiro atoms. The Kier molecular flexibility index (Phi) is 6.69. The van der Waals surface area contributed by atoms with Crippen molar-refractivity contribution in [3.8, 4) is 0 Å². The van der Waals surface area contributed by atoms with E-state index in [0.717, 1.165) is 5.75 Å². The lowest BCUT2D eigenvalue weighted by molar-refractivity contribution is -0.114. The smallest absolute Gasteiger partial charge is 0.152 e. The molecule has 0 aromatic heterocycles. The molecular weight excluding hydrogens is 154 g/mol. The lowest BCUT2D eigenvalue weighted by atomic mass is 10.5. The fourth-order valence-electron chi connectivity index (χ4n) is 0.315. The molecule has 54 valence electrons. The number of ketones is 1. The molecule has 2 nitrogen and oxygen atoms in total. The topological polar surface area (TPSA) is 43.1 Å². The second-order valence-electron chi connectivity index (χ2n) is 1.54. The maximum absolute atomic E-state index is 10.5. The molecule has 0 fully saturated rings. The fourth-order valence-corrected chi connectivity index (χ4v) is 1.22. The summed E-state index contributed by atoms with van der Waals surface area (Å²) < 4.78 is 0. The summed E-state index contributed by atoms with van der Waals surface area (Å²) >= 11 is 5.39. The van der Waals surface area contributed by atoms with E-state index in [2.05, 4.69) is 12.6 Å². The van der Waals surface area contributed by atoms with Gasteiger partial charge < -0.3 is 5.73 Å². The standard InChI is InChI=1S/C5H11NOS2/c6-1-2-9-4-5(7)3-8/h8H,1-4,6H2. The van der Waals surface area contributed by atoms with Gasteiger partial charge in [-0.2, -0.15) is 24.4 Å². The van der Waals surface area contributed by atoms with Crippen LogP contribution < -0.4 is 5.73 Å². The van der Waals surface area contributed by atoms with Crippen molar-refractivity contribution in [3.05, 3.63) is 0 Å². The Morgan fingerprint density at radius 3 is 2.78 bits per heavy atom. The summed E-state index contributed by atoms with van der Waals surface area (Å²) in [5.74, 6) is 1.94. The molecule has 0 aromatic carbocycles. The van der Waals surface area contributed by atoms with Crippen LogP contribution in [0.3, 0.4) is 0 Å². The molecule has 0 saturated heterocycles. The van der Waals surface area contributed by atoms with Gasteiger partial charge in [0.2, 0.25) is 0 Å². The molecule has 0 radical (unpaired) electrons. The quantitative estimate of drug-likeness (QED) is 0.451. The Morgan fingerprint density at radius 2 is 2.33 bits per heavy atom. The largest absolute Gasteiger partial charge is 0.330 e. The average Bonchev–Trinajstić information content (AvgIpc) is 1.89. The molecule has 0 amide bonds. The molecular formula is C5H11NOS2. The Hall–Kier alpha value is 0.330. The summed E-state index contributed by atoms with van der Waals surface area (Å²) in [5, 5.41) is 0. The summed E-state index contributed by atoms with van der Waals surface area (Å²) in [6.07, 6.45) is 0. The number of hydrogen-bond acceptors (Lipinski definition) is 4. The van der Waals surface area contributed by atoms with Crippen LogP contribution in [0.2, 0.25) is 0 Å². The summed E-state index contributed by atoms with van der Waals surface area (Å²) in [4.78, 5) is 10.5. The summed E-state index contributed by atoms with van der Waals surface area (Å²) in [6.45, 7) is 0.643. The Morgan fingerprint density at radius 1 is 1.67 bits per heavy atom. The van der Waals surface area contributed by atoms with Crippen LogP contribution in [0.25, 0.3) is 0 Å². The number of thiol groups is 1. The van der Waals surface area contributed by atoms with Crippen molar-refractivity contribution in [1.29, 1.82) is 0 Å². The van der Waals surface area contributed by atoms with Crippen LogP contribution in [0.5, 0.6) is 0 Å². The second kappa shape index (κ2) is 6.45. The van der Waals surface area contributed by atoms with Gasteiger partial charge in [-0.1, -0.05) is 0 Å². The molecule has 0 aromatic rings. The van der Waals surface area contributed by atoms with Crippen LogP contribution in [-0.4, -0.2) is 29.6 Å². The van der Waals surface area contributed by atoms with Gasteiger partial charge in [-0.25, -0.2) is 0 Å². The summed E-state index contributed by atoms with van der Waals surface area (Å²) in [6, 6.07) is 0. The van der Waals surface area contributed by atoms with Gasteiger partial charge in [-0.05, 0) is 0 Å². The molecule has 0 aliphatic heterocycles. The predicted molar refractivity (Wildman–Crippen MR) is 45.2 cm³/mol. The van der Waals surface area contributed by atoms with Crippen molar-refractivity contribution in [2.45, 2.75) is 0 Å². The summed E-state index contributed by atoms with van der Waals surface area (Å²) in [7, 11) is 0. The molecule has 0 heterocycles. The molecule has 4 heteroatoms. The zero-order chi connectivity index (χ0) is 7.11. The number of carbonyl (C=O) groups is 1. The van der Waals surface area contributed by atoms with E-state index >= 15 is 0 Å². The van der Waals surface area contributed by atoms with Crippen LogP contribution in [0, 0.1) is 0 Å². The van der Waals surface area contributed by atoms with Gasteiger partial charge in [0.15, 0.2) is 5.78 Å². The van der Waals surface area contributed by atoms with Crippen molar-refractivity contribution in [2.24, 2.45) is 5.73 Å². The highest BCUT2D eigenvalue weighted by atomic mass is 32.2. The van der Waals surface area contributed by atoms with Gasteiger partial charge in [0.25, 0.3) is 0 Å². The molecule has 0 atom stereocenters. The Bertz CT molecular complexity index is 87.0. The average molecular weight is 165 g/mol. The molecule has 2 N–H and O–H groups in total. The number of thioether (sulfide) groups is 1. The molecule has 0 unspecified atom stereocenters. The molecule has 0 bridgehead atoms. The minimum Gasteiger partial charge on any atom is -0.330 e. The van der Waals surface area contributed by atoms with Gasteiger partial charge in [-0.15, -0.1) is 0 Å². The minimum absolute atomic E-state index is 0.178. The first kappa shape index (κ1) is 9.33. The van der Waals surface area contributed by atoms with Gasteiger partial charge in [0, 0.05) is 12.3 Å². The van der Waals surface area contributed by atoms with E-state index in [0.29, 0.717) is 18.1 Å². The fraction of sp³-hybridized carbons (Fsp3) is 0.800. The van der Waals surface area contributed by atoms with E-state index in [1.807, 2.05) is 0 Å². The zero-order valence-corrected chi connectivity index (χ0v) is 6.88. The van der Waals surface area contributed by atoms with Crippen LogP contribution in [-0.2, 0) is 4.79 Å². The Labute approximate surface area is 65.0 Å². The molecule has 0 rings (SSSR count). The van der Waals surface area contributed by atoms with Crippen molar-refractivity contribution < 1.29 is 4.79 Å². The van der Waals surface area contributed by atoms with Crippen LogP contribution in [0.4, 0.5) is 0 Å². The van der Waals surface area contributed by atoms with E-state index in [1.165, 1.54) is 0 Å². The minimum atomic E-state index is 0.178. The molecule has 0 aliphatic carbocycles. The number of nitrogens with two attached hydrogens (primary N) is 1. The van der Waals surface area contributed by atoms with E-state index in [1.54, 1.807) is 11.8 Å². The summed E-state index contributed by atoms with van der Waals surface area (Å²) in [5.41, 5.74) is 5.20. The first-order chi connectivity index (χ1) is 4.31. The van der Waals surface area contributed by atoms with Gasteiger partial charge in [0.1, 0.15) is 0 Å². The third-order valence-electron chi connectivity index (χ3n) is 0.702. The number of Topliss-reactive ketones (excluding diaryl/α,β-unsaturated/α-hetero) is 1.